The van der Waals surface area contributed by atoms with Crippen LogP contribution in [-0.4, -0.2) is 19.1 Å². The molecule has 3 aromatic heterocycles. The number of hydrogen-bond acceptors (Lipinski definition) is 2. The fourth-order valence-corrected chi connectivity index (χ4v) is 8.51. The molecule has 0 N–H and O–H groups in total. The van der Waals surface area contributed by atoms with Crippen LogP contribution in [0.3, 0.4) is 0 Å². The topological polar surface area (TPSA) is 35.6 Å². The number of rotatable bonds is 6. The summed E-state index contributed by atoms with van der Waals surface area (Å²) in [6.45, 7) is 0. The highest BCUT2D eigenvalue weighted by atomic mass is 15.2. The summed E-state index contributed by atoms with van der Waals surface area (Å²) < 4.78 is 4.56. The molecular weight excluding hydrogens is 681 g/mol. The summed E-state index contributed by atoms with van der Waals surface area (Å²) in [5.41, 5.74) is 14.6. The van der Waals surface area contributed by atoms with Gasteiger partial charge in [-0.1, -0.05) is 146 Å². The van der Waals surface area contributed by atoms with Gasteiger partial charge in [0.1, 0.15) is 0 Å². The van der Waals surface area contributed by atoms with Gasteiger partial charge in [0.05, 0.1) is 27.8 Å². The highest BCUT2D eigenvalue weighted by Gasteiger charge is 2.19. The average Bonchev–Trinajstić information content (AvgIpc) is 3.79. The summed E-state index contributed by atoms with van der Waals surface area (Å²) in [7, 11) is 0. The third kappa shape index (κ3) is 5.15. The van der Waals surface area contributed by atoms with Gasteiger partial charge in [-0.25, -0.2) is 9.97 Å². The van der Waals surface area contributed by atoms with Crippen molar-refractivity contribution >= 4 is 43.6 Å². The third-order valence-corrected chi connectivity index (χ3v) is 11.0. The van der Waals surface area contributed by atoms with Crippen molar-refractivity contribution in [3.63, 3.8) is 0 Å². The summed E-state index contributed by atoms with van der Waals surface area (Å²) in [5.74, 6) is 0.641. The number of fused-ring (bicyclic) bond motifs is 6. The first-order valence-electron chi connectivity index (χ1n) is 19.0. The van der Waals surface area contributed by atoms with Crippen LogP contribution >= 0.6 is 0 Å². The number of para-hydroxylation sites is 3. The summed E-state index contributed by atoms with van der Waals surface area (Å²) in [6, 6.07) is 71.3. The molecule has 56 heavy (non-hydrogen) atoms. The van der Waals surface area contributed by atoms with E-state index in [0.29, 0.717) is 5.95 Å². The Morgan fingerprint density at radius 2 is 0.804 bits per heavy atom. The predicted molar refractivity (Wildman–Crippen MR) is 232 cm³/mol. The van der Waals surface area contributed by atoms with Crippen LogP contribution in [0.4, 0.5) is 0 Å². The van der Waals surface area contributed by atoms with Gasteiger partial charge < -0.3 is 4.57 Å². The predicted octanol–water partition coefficient (Wildman–Crippen LogP) is 13.3. The van der Waals surface area contributed by atoms with Crippen molar-refractivity contribution in [1.82, 2.24) is 19.1 Å². The molecule has 262 valence electrons. The Bertz CT molecular complexity index is 3250. The van der Waals surface area contributed by atoms with Crippen LogP contribution in [0.15, 0.2) is 206 Å². The maximum atomic E-state index is 5.29. The van der Waals surface area contributed by atoms with Crippen LogP contribution in [0.2, 0.25) is 0 Å². The van der Waals surface area contributed by atoms with E-state index in [1.165, 1.54) is 49.6 Å². The quantitative estimate of drug-likeness (QED) is 0.172. The fraction of sp³-hybridized carbons (Fsp3) is 0. The van der Waals surface area contributed by atoms with Crippen molar-refractivity contribution in [2.75, 3.05) is 0 Å². The molecule has 0 amide bonds. The van der Waals surface area contributed by atoms with E-state index in [2.05, 4.69) is 203 Å². The summed E-state index contributed by atoms with van der Waals surface area (Å²) in [6.07, 6.45) is 1.88. The molecule has 0 aliphatic rings. The second kappa shape index (κ2) is 13.1. The summed E-state index contributed by atoms with van der Waals surface area (Å²) in [5, 5.41) is 4.81. The van der Waals surface area contributed by atoms with E-state index in [4.69, 9.17) is 9.97 Å². The average molecular weight is 715 g/mol. The van der Waals surface area contributed by atoms with E-state index in [9.17, 15) is 0 Å². The van der Waals surface area contributed by atoms with E-state index < -0.39 is 0 Å². The Morgan fingerprint density at radius 1 is 0.321 bits per heavy atom. The first kappa shape index (κ1) is 31.9. The van der Waals surface area contributed by atoms with Gasteiger partial charge in [0.15, 0.2) is 0 Å². The fourth-order valence-electron chi connectivity index (χ4n) is 8.51. The number of hydrogen-bond donors (Lipinski definition) is 0. The van der Waals surface area contributed by atoms with E-state index in [0.717, 1.165) is 44.3 Å². The van der Waals surface area contributed by atoms with Gasteiger partial charge in [-0.3, -0.25) is 4.57 Å². The van der Waals surface area contributed by atoms with Crippen molar-refractivity contribution in [1.29, 1.82) is 0 Å². The van der Waals surface area contributed by atoms with Gasteiger partial charge in [0.2, 0.25) is 5.95 Å². The van der Waals surface area contributed by atoms with Crippen LogP contribution in [0.1, 0.15) is 0 Å². The molecule has 4 nitrogen and oxygen atoms in total. The SMILES string of the molecule is c1ccc(-c2ccccc2-c2ccccc2-c2ccnc(-n3c4ccccc4c4cc(-c5ccc6c(c5)c5ccccc5n6-c5ccccc5)ccc43)n2)cc1. The highest BCUT2D eigenvalue weighted by Crippen LogP contribution is 2.40. The molecule has 0 spiro atoms. The molecule has 0 fully saturated rings. The van der Waals surface area contributed by atoms with Crippen molar-refractivity contribution in [3.05, 3.63) is 206 Å². The Balaban J connectivity index is 1.04. The Hall–Kier alpha value is -7.56. The number of aromatic nitrogens is 4. The van der Waals surface area contributed by atoms with Crippen LogP contribution in [-0.2, 0) is 0 Å². The lowest BCUT2D eigenvalue weighted by Crippen LogP contribution is -2.02. The lowest BCUT2D eigenvalue weighted by molar-refractivity contribution is 0.992. The minimum atomic E-state index is 0.641. The monoisotopic (exact) mass is 714 g/mol. The largest absolute Gasteiger partial charge is 0.309 e. The molecule has 4 heteroatoms. The maximum Gasteiger partial charge on any atom is 0.235 e. The van der Waals surface area contributed by atoms with Crippen LogP contribution in [0.25, 0.3) is 99.9 Å². The van der Waals surface area contributed by atoms with Crippen LogP contribution < -0.4 is 0 Å². The van der Waals surface area contributed by atoms with E-state index in [1.807, 2.05) is 12.3 Å². The zero-order valence-electron chi connectivity index (χ0n) is 30.4. The van der Waals surface area contributed by atoms with E-state index in [-0.39, 0.29) is 0 Å². The highest BCUT2D eigenvalue weighted by molar-refractivity contribution is 6.12. The molecule has 0 atom stereocenters. The zero-order chi connectivity index (χ0) is 37.0. The summed E-state index contributed by atoms with van der Waals surface area (Å²) >= 11 is 0. The van der Waals surface area contributed by atoms with Gasteiger partial charge in [-0.05, 0) is 88.0 Å². The summed E-state index contributed by atoms with van der Waals surface area (Å²) in [4.78, 5) is 10.2. The normalized spacial score (nSPS) is 11.6. The van der Waals surface area contributed by atoms with E-state index in [1.54, 1.807) is 0 Å². The molecule has 0 saturated carbocycles. The Morgan fingerprint density at radius 3 is 1.46 bits per heavy atom. The molecule has 0 aliphatic carbocycles. The van der Waals surface area contributed by atoms with E-state index >= 15 is 0 Å². The van der Waals surface area contributed by atoms with Gasteiger partial charge in [-0.2, -0.15) is 0 Å². The lowest BCUT2D eigenvalue weighted by atomic mass is 9.91. The molecule has 8 aromatic carbocycles. The first-order valence-corrected chi connectivity index (χ1v) is 19.0. The molecular formula is C52H34N4. The molecule has 0 aliphatic heterocycles. The second-order valence-electron chi connectivity index (χ2n) is 14.2. The van der Waals surface area contributed by atoms with Crippen molar-refractivity contribution in [2.45, 2.75) is 0 Å². The lowest BCUT2D eigenvalue weighted by Gasteiger charge is -2.15. The van der Waals surface area contributed by atoms with Crippen molar-refractivity contribution in [2.24, 2.45) is 0 Å². The minimum absolute atomic E-state index is 0.641. The van der Waals surface area contributed by atoms with Gasteiger partial charge >= 0.3 is 0 Å². The molecule has 0 radical (unpaired) electrons. The second-order valence-corrected chi connectivity index (χ2v) is 14.2. The first-order chi connectivity index (χ1) is 27.8. The van der Waals surface area contributed by atoms with Gasteiger partial charge in [-0.15, -0.1) is 0 Å². The zero-order valence-corrected chi connectivity index (χ0v) is 30.4. The van der Waals surface area contributed by atoms with Gasteiger partial charge in [0, 0.05) is 39.0 Å². The van der Waals surface area contributed by atoms with Gasteiger partial charge in [0.25, 0.3) is 0 Å². The molecule has 3 heterocycles. The maximum absolute atomic E-state index is 5.29. The molecule has 11 aromatic rings. The van der Waals surface area contributed by atoms with Crippen molar-refractivity contribution in [3.8, 4) is 56.3 Å². The van der Waals surface area contributed by atoms with Crippen molar-refractivity contribution < 1.29 is 0 Å². The van der Waals surface area contributed by atoms with Crippen LogP contribution in [0.5, 0.6) is 0 Å². The molecule has 0 unspecified atom stereocenters. The minimum Gasteiger partial charge on any atom is -0.309 e. The van der Waals surface area contributed by atoms with Crippen LogP contribution in [0, 0.1) is 0 Å². The molecule has 11 rings (SSSR count). The number of benzene rings is 8. The smallest absolute Gasteiger partial charge is 0.235 e. The number of nitrogens with zero attached hydrogens (tertiary/aromatic N) is 4. The standard InChI is InChI=1S/C52H34N4/c1-3-15-35(16-4-1)39-19-7-8-20-40(39)41-21-9-10-22-42(41)47-31-32-53-52(54-47)56-49-26-14-12-24-44(49)46-34-37(28-30-51(46)56)36-27-29-50-45(33-36)43-23-11-13-25-48(43)55(50)38-17-5-2-6-18-38/h1-34H. The Labute approximate surface area is 324 Å². The third-order valence-electron chi connectivity index (χ3n) is 11.0. The molecule has 0 bridgehead atoms. The molecule has 0 saturated heterocycles. The Kier molecular flexibility index (Phi) is 7.46.